The number of carbonyl (C=O) groups is 1. The molecule has 0 atom stereocenters. The zero-order chi connectivity index (χ0) is 12.7. The SMILES string of the molecule is Nc1cc(C(=O)O)cc2nc(-c3nccs3)nn12. The standard InChI is InChI=1S/C10H7N5O2S/c11-6-3-5(10(16)17)4-7-13-8(14-15(6)7)9-12-1-2-18-9/h1-4H,11H2,(H,16,17). The number of aromatic carboxylic acids is 1. The van der Waals surface area contributed by atoms with Crippen molar-refractivity contribution in [1.29, 1.82) is 0 Å². The average Bonchev–Trinajstić information content (AvgIpc) is 2.96. The van der Waals surface area contributed by atoms with Crippen LogP contribution in [0.2, 0.25) is 0 Å². The largest absolute Gasteiger partial charge is 0.478 e. The number of carboxylic acids is 1. The number of pyridine rings is 1. The summed E-state index contributed by atoms with van der Waals surface area (Å²) in [6.07, 6.45) is 1.65. The summed E-state index contributed by atoms with van der Waals surface area (Å²) in [5.41, 5.74) is 6.21. The number of rotatable bonds is 2. The van der Waals surface area contributed by atoms with E-state index < -0.39 is 5.97 Å². The van der Waals surface area contributed by atoms with Crippen LogP contribution in [0.5, 0.6) is 0 Å². The minimum Gasteiger partial charge on any atom is -0.478 e. The van der Waals surface area contributed by atoms with Gasteiger partial charge in [0.25, 0.3) is 0 Å². The third-order valence-electron chi connectivity index (χ3n) is 2.34. The summed E-state index contributed by atoms with van der Waals surface area (Å²) in [5, 5.41) is 15.6. The summed E-state index contributed by atoms with van der Waals surface area (Å²) < 4.78 is 1.39. The Morgan fingerprint density at radius 3 is 2.94 bits per heavy atom. The van der Waals surface area contributed by atoms with Crippen LogP contribution < -0.4 is 5.73 Å². The quantitative estimate of drug-likeness (QED) is 0.716. The highest BCUT2D eigenvalue weighted by Gasteiger charge is 2.13. The Hall–Kier alpha value is -2.48. The lowest BCUT2D eigenvalue weighted by Gasteiger charge is -1.99. The van der Waals surface area contributed by atoms with E-state index in [0.29, 0.717) is 16.5 Å². The highest BCUT2D eigenvalue weighted by Crippen LogP contribution is 2.20. The molecule has 0 bridgehead atoms. The molecule has 0 saturated carbocycles. The number of aromatic nitrogens is 4. The van der Waals surface area contributed by atoms with E-state index in [9.17, 15) is 4.79 Å². The maximum atomic E-state index is 10.9. The molecule has 7 nitrogen and oxygen atoms in total. The molecule has 0 radical (unpaired) electrons. The molecule has 0 unspecified atom stereocenters. The number of carboxylic acid groups (broad SMARTS) is 1. The highest BCUT2D eigenvalue weighted by atomic mass is 32.1. The average molecular weight is 261 g/mol. The van der Waals surface area contributed by atoms with E-state index in [1.807, 2.05) is 5.38 Å². The molecular weight excluding hydrogens is 254 g/mol. The third-order valence-corrected chi connectivity index (χ3v) is 3.10. The van der Waals surface area contributed by atoms with Crippen molar-refractivity contribution in [3.63, 3.8) is 0 Å². The molecule has 0 aliphatic carbocycles. The molecule has 0 amide bonds. The first-order valence-corrected chi connectivity index (χ1v) is 5.82. The monoisotopic (exact) mass is 261 g/mol. The summed E-state index contributed by atoms with van der Waals surface area (Å²) >= 11 is 1.40. The molecule has 18 heavy (non-hydrogen) atoms. The Bertz CT molecular complexity index is 734. The van der Waals surface area contributed by atoms with Gasteiger partial charge >= 0.3 is 5.97 Å². The fourth-order valence-electron chi connectivity index (χ4n) is 1.56. The summed E-state index contributed by atoms with van der Waals surface area (Å²) in [7, 11) is 0. The molecule has 3 aromatic heterocycles. The van der Waals surface area contributed by atoms with Gasteiger partial charge in [0.05, 0.1) is 5.56 Å². The Labute approximate surface area is 105 Å². The molecule has 0 spiro atoms. The van der Waals surface area contributed by atoms with Gasteiger partial charge in [-0.3, -0.25) is 0 Å². The highest BCUT2D eigenvalue weighted by molar-refractivity contribution is 7.13. The van der Waals surface area contributed by atoms with Gasteiger partial charge in [-0.15, -0.1) is 16.4 Å². The number of fused-ring (bicyclic) bond motifs is 1. The van der Waals surface area contributed by atoms with Crippen molar-refractivity contribution >= 4 is 28.8 Å². The van der Waals surface area contributed by atoms with Crippen molar-refractivity contribution in [2.75, 3.05) is 5.73 Å². The van der Waals surface area contributed by atoms with Crippen molar-refractivity contribution in [3.8, 4) is 10.8 Å². The molecule has 90 valence electrons. The predicted molar refractivity (Wildman–Crippen MR) is 65.5 cm³/mol. The van der Waals surface area contributed by atoms with Crippen LogP contribution >= 0.6 is 11.3 Å². The van der Waals surface area contributed by atoms with E-state index in [1.165, 1.54) is 28.0 Å². The zero-order valence-electron chi connectivity index (χ0n) is 8.94. The molecule has 0 saturated heterocycles. The van der Waals surface area contributed by atoms with Crippen molar-refractivity contribution in [2.45, 2.75) is 0 Å². The second-order valence-electron chi connectivity index (χ2n) is 3.52. The van der Waals surface area contributed by atoms with Crippen LogP contribution in [-0.2, 0) is 0 Å². The number of hydrogen-bond acceptors (Lipinski definition) is 6. The van der Waals surface area contributed by atoms with Gasteiger partial charge in [-0.1, -0.05) is 0 Å². The number of nitrogens with two attached hydrogens (primary N) is 1. The molecule has 0 aliphatic rings. The van der Waals surface area contributed by atoms with Crippen LogP contribution in [0.15, 0.2) is 23.7 Å². The maximum Gasteiger partial charge on any atom is 0.335 e. The molecule has 0 aromatic carbocycles. The van der Waals surface area contributed by atoms with E-state index in [2.05, 4.69) is 15.1 Å². The molecule has 8 heteroatoms. The fourth-order valence-corrected chi connectivity index (χ4v) is 2.12. The van der Waals surface area contributed by atoms with Gasteiger partial charge in [-0.25, -0.2) is 14.8 Å². The van der Waals surface area contributed by atoms with E-state index in [-0.39, 0.29) is 11.4 Å². The Kier molecular flexibility index (Phi) is 2.23. The third kappa shape index (κ3) is 1.59. The Morgan fingerprint density at radius 1 is 1.44 bits per heavy atom. The second-order valence-corrected chi connectivity index (χ2v) is 4.41. The van der Waals surface area contributed by atoms with Gasteiger partial charge < -0.3 is 10.8 Å². The van der Waals surface area contributed by atoms with Crippen LogP contribution in [0.3, 0.4) is 0 Å². The van der Waals surface area contributed by atoms with Crippen molar-refractivity contribution in [2.24, 2.45) is 0 Å². The maximum absolute atomic E-state index is 10.9. The van der Waals surface area contributed by atoms with Crippen molar-refractivity contribution in [3.05, 3.63) is 29.3 Å². The van der Waals surface area contributed by atoms with E-state index >= 15 is 0 Å². The molecule has 3 heterocycles. The van der Waals surface area contributed by atoms with Crippen molar-refractivity contribution in [1.82, 2.24) is 19.6 Å². The molecular formula is C10H7N5O2S. The second kappa shape index (κ2) is 3.77. The van der Waals surface area contributed by atoms with Crippen LogP contribution in [0.1, 0.15) is 10.4 Å². The van der Waals surface area contributed by atoms with Crippen molar-refractivity contribution < 1.29 is 9.90 Å². The van der Waals surface area contributed by atoms with E-state index in [0.717, 1.165) is 0 Å². The minimum atomic E-state index is -1.05. The van der Waals surface area contributed by atoms with Gasteiger partial charge in [0.2, 0.25) is 5.82 Å². The van der Waals surface area contributed by atoms with Gasteiger partial charge in [-0.2, -0.15) is 4.52 Å². The lowest BCUT2D eigenvalue weighted by Crippen LogP contribution is -2.03. The lowest BCUT2D eigenvalue weighted by molar-refractivity contribution is 0.0697. The van der Waals surface area contributed by atoms with E-state index in [4.69, 9.17) is 10.8 Å². The summed E-state index contributed by atoms with van der Waals surface area (Å²) in [4.78, 5) is 19.2. The van der Waals surface area contributed by atoms with Crippen LogP contribution in [-0.4, -0.2) is 30.7 Å². The van der Waals surface area contributed by atoms with Gasteiger partial charge in [0.1, 0.15) is 5.82 Å². The van der Waals surface area contributed by atoms with Gasteiger partial charge in [0, 0.05) is 11.6 Å². The van der Waals surface area contributed by atoms with Gasteiger partial charge in [0.15, 0.2) is 10.7 Å². The predicted octanol–water partition coefficient (Wildman–Crippen LogP) is 1.13. The minimum absolute atomic E-state index is 0.0816. The molecule has 3 aromatic rings. The first kappa shape index (κ1) is 10.7. The summed E-state index contributed by atoms with van der Waals surface area (Å²) in [5.74, 6) is -0.401. The molecule has 0 aliphatic heterocycles. The number of hydrogen-bond donors (Lipinski definition) is 2. The number of thiazole rings is 1. The van der Waals surface area contributed by atoms with Gasteiger partial charge in [-0.05, 0) is 12.1 Å². The summed E-state index contributed by atoms with van der Waals surface area (Å²) in [6.45, 7) is 0. The van der Waals surface area contributed by atoms with Crippen LogP contribution in [0, 0.1) is 0 Å². The van der Waals surface area contributed by atoms with E-state index in [1.54, 1.807) is 6.20 Å². The molecule has 3 N–H and O–H groups in total. The number of nitrogen functional groups attached to an aromatic ring is 1. The molecule has 3 rings (SSSR count). The number of anilines is 1. The lowest BCUT2D eigenvalue weighted by atomic mass is 10.2. The zero-order valence-corrected chi connectivity index (χ0v) is 9.76. The fraction of sp³-hybridized carbons (Fsp3) is 0. The first-order valence-electron chi connectivity index (χ1n) is 4.94. The Balaban J connectivity index is 2.23. The topological polar surface area (TPSA) is 106 Å². The first-order chi connectivity index (χ1) is 8.65. The number of nitrogens with zero attached hydrogens (tertiary/aromatic N) is 4. The Morgan fingerprint density at radius 2 is 2.28 bits per heavy atom. The summed E-state index contributed by atoms with van der Waals surface area (Å²) in [6, 6.07) is 2.76. The molecule has 0 fully saturated rings. The normalized spacial score (nSPS) is 10.9. The van der Waals surface area contributed by atoms with Crippen LogP contribution in [0.4, 0.5) is 5.82 Å². The van der Waals surface area contributed by atoms with Crippen LogP contribution in [0.25, 0.3) is 16.5 Å². The smallest absolute Gasteiger partial charge is 0.335 e.